The highest BCUT2D eigenvalue weighted by atomic mass is 19.1. The SMILES string of the molecule is N=C(N)/C=C(\N)F. The van der Waals surface area contributed by atoms with Crippen LogP contribution in [0, 0.1) is 5.41 Å². The van der Waals surface area contributed by atoms with E-state index in [-0.39, 0.29) is 5.84 Å². The quantitative estimate of drug-likeness (QED) is 0.242. The standard InChI is InChI=1S/C3H6FN3/c4-2(5)1-3(6)7/h1H,5H2,(H3,6,7)/b2-1-. The molecule has 0 aliphatic carbocycles. The number of hydrogen-bond donors (Lipinski definition) is 3. The summed E-state index contributed by atoms with van der Waals surface area (Å²) in [6, 6.07) is 0. The van der Waals surface area contributed by atoms with Crippen molar-refractivity contribution in [3.63, 3.8) is 0 Å². The van der Waals surface area contributed by atoms with Gasteiger partial charge in [0.2, 0.25) is 0 Å². The first kappa shape index (κ1) is 5.94. The molecular weight excluding hydrogens is 97.1 g/mol. The third kappa shape index (κ3) is 4.94. The Morgan fingerprint density at radius 1 is 1.57 bits per heavy atom. The summed E-state index contributed by atoms with van der Waals surface area (Å²) in [5, 5.41) is 6.41. The number of nitrogens with two attached hydrogens (primary N) is 2. The van der Waals surface area contributed by atoms with Crippen LogP contribution < -0.4 is 11.5 Å². The van der Waals surface area contributed by atoms with Crippen LogP contribution in [0.4, 0.5) is 4.39 Å². The van der Waals surface area contributed by atoms with Crippen LogP contribution in [0.3, 0.4) is 0 Å². The lowest BCUT2D eigenvalue weighted by Crippen LogP contribution is -2.07. The Kier molecular flexibility index (Phi) is 1.84. The van der Waals surface area contributed by atoms with Crippen molar-refractivity contribution >= 4 is 5.84 Å². The van der Waals surface area contributed by atoms with E-state index in [2.05, 4.69) is 11.5 Å². The lowest BCUT2D eigenvalue weighted by Gasteiger charge is -1.81. The van der Waals surface area contributed by atoms with E-state index in [1.54, 1.807) is 0 Å². The molecule has 5 N–H and O–H groups in total. The highest BCUT2D eigenvalue weighted by Crippen LogP contribution is 1.79. The number of halogens is 1. The number of hydrogen-bond acceptors (Lipinski definition) is 2. The molecule has 0 aliphatic rings. The fraction of sp³-hybridized carbons (Fsp3) is 0. The minimum Gasteiger partial charge on any atom is -0.384 e. The Hall–Kier alpha value is -1.06. The number of nitrogens with one attached hydrogen (secondary N) is 1. The van der Waals surface area contributed by atoms with Crippen molar-refractivity contribution < 1.29 is 4.39 Å². The molecule has 0 fully saturated rings. The molecule has 0 rings (SSSR count). The van der Waals surface area contributed by atoms with Gasteiger partial charge in [0.1, 0.15) is 5.84 Å². The molecule has 0 amide bonds. The Morgan fingerprint density at radius 3 is 2.00 bits per heavy atom. The molecule has 0 radical (unpaired) electrons. The Morgan fingerprint density at radius 2 is 2.00 bits per heavy atom. The number of amidine groups is 1. The molecule has 0 aromatic heterocycles. The topological polar surface area (TPSA) is 75.9 Å². The summed E-state index contributed by atoms with van der Waals surface area (Å²) in [6.45, 7) is 0. The molecule has 0 heterocycles. The molecule has 0 unspecified atom stereocenters. The van der Waals surface area contributed by atoms with E-state index in [0.717, 1.165) is 6.08 Å². The lowest BCUT2D eigenvalue weighted by atomic mass is 10.6. The fourth-order valence-corrected chi connectivity index (χ4v) is 0.149. The zero-order chi connectivity index (χ0) is 5.86. The molecule has 0 saturated carbocycles. The Bertz CT molecular complexity index is 103. The summed E-state index contributed by atoms with van der Waals surface area (Å²) in [7, 11) is 0. The van der Waals surface area contributed by atoms with Gasteiger partial charge in [-0.25, -0.2) is 0 Å². The first-order valence-electron chi connectivity index (χ1n) is 1.59. The van der Waals surface area contributed by atoms with Gasteiger partial charge in [0.05, 0.1) is 0 Å². The van der Waals surface area contributed by atoms with E-state index < -0.39 is 5.95 Å². The van der Waals surface area contributed by atoms with Gasteiger partial charge in [-0.05, 0) is 0 Å². The van der Waals surface area contributed by atoms with Crippen molar-refractivity contribution in [2.75, 3.05) is 0 Å². The summed E-state index contributed by atoms with van der Waals surface area (Å²) >= 11 is 0. The lowest BCUT2D eigenvalue weighted by molar-refractivity contribution is 0.628. The van der Waals surface area contributed by atoms with Crippen molar-refractivity contribution in [1.82, 2.24) is 0 Å². The van der Waals surface area contributed by atoms with E-state index in [9.17, 15) is 4.39 Å². The first-order chi connectivity index (χ1) is 3.13. The molecule has 3 nitrogen and oxygen atoms in total. The van der Waals surface area contributed by atoms with Crippen molar-refractivity contribution in [2.45, 2.75) is 0 Å². The molecule has 0 spiro atoms. The second-order valence-corrected chi connectivity index (χ2v) is 0.985. The van der Waals surface area contributed by atoms with Gasteiger partial charge in [-0.15, -0.1) is 0 Å². The van der Waals surface area contributed by atoms with Gasteiger partial charge in [0, 0.05) is 6.08 Å². The third-order valence-electron chi connectivity index (χ3n) is 0.293. The average molecular weight is 103 g/mol. The summed E-state index contributed by atoms with van der Waals surface area (Å²) < 4.78 is 11.4. The summed E-state index contributed by atoms with van der Waals surface area (Å²) in [5.41, 5.74) is 9.15. The van der Waals surface area contributed by atoms with Gasteiger partial charge < -0.3 is 11.5 Å². The van der Waals surface area contributed by atoms with E-state index in [1.807, 2.05) is 0 Å². The minimum atomic E-state index is -0.937. The maximum Gasteiger partial charge on any atom is 0.188 e. The van der Waals surface area contributed by atoms with Crippen LogP contribution in [0.1, 0.15) is 0 Å². The largest absolute Gasteiger partial charge is 0.384 e. The van der Waals surface area contributed by atoms with Crippen molar-refractivity contribution in [3.8, 4) is 0 Å². The fourth-order valence-electron chi connectivity index (χ4n) is 0.149. The van der Waals surface area contributed by atoms with Gasteiger partial charge in [-0.1, -0.05) is 0 Å². The predicted molar refractivity (Wildman–Crippen MR) is 25.3 cm³/mol. The Labute approximate surface area is 40.3 Å². The van der Waals surface area contributed by atoms with Crippen LogP contribution in [-0.4, -0.2) is 5.84 Å². The number of rotatable bonds is 1. The van der Waals surface area contributed by atoms with E-state index >= 15 is 0 Å². The minimum absolute atomic E-state index is 0.375. The average Bonchev–Trinajstić information content (AvgIpc) is 1.27. The van der Waals surface area contributed by atoms with Gasteiger partial charge in [-0.2, -0.15) is 4.39 Å². The van der Waals surface area contributed by atoms with Crippen LogP contribution in [0.25, 0.3) is 0 Å². The van der Waals surface area contributed by atoms with Gasteiger partial charge in [0.25, 0.3) is 0 Å². The molecule has 4 heteroatoms. The van der Waals surface area contributed by atoms with Crippen molar-refractivity contribution in [2.24, 2.45) is 11.5 Å². The normalized spacial score (nSPS) is 11.3. The summed E-state index contributed by atoms with van der Waals surface area (Å²) in [6.07, 6.45) is 0.722. The van der Waals surface area contributed by atoms with Gasteiger partial charge in [0.15, 0.2) is 5.95 Å². The monoisotopic (exact) mass is 103 g/mol. The van der Waals surface area contributed by atoms with Crippen LogP contribution >= 0.6 is 0 Å². The van der Waals surface area contributed by atoms with Crippen molar-refractivity contribution in [1.29, 1.82) is 5.41 Å². The summed E-state index contributed by atoms with van der Waals surface area (Å²) in [5.74, 6) is -1.31. The second kappa shape index (κ2) is 2.17. The molecule has 0 saturated heterocycles. The van der Waals surface area contributed by atoms with Crippen LogP contribution in [-0.2, 0) is 0 Å². The van der Waals surface area contributed by atoms with E-state index in [1.165, 1.54) is 0 Å². The smallest absolute Gasteiger partial charge is 0.188 e. The first-order valence-corrected chi connectivity index (χ1v) is 1.59. The molecule has 40 valence electrons. The third-order valence-corrected chi connectivity index (χ3v) is 0.293. The maximum atomic E-state index is 11.4. The van der Waals surface area contributed by atoms with Crippen LogP contribution in [0.5, 0.6) is 0 Å². The molecular formula is C3H6FN3. The van der Waals surface area contributed by atoms with Gasteiger partial charge >= 0.3 is 0 Å². The zero-order valence-corrected chi connectivity index (χ0v) is 3.61. The van der Waals surface area contributed by atoms with Gasteiger partial charge in [-0.3, -0.25) is 5.41 Å². The van der Waals surface area contributed by atoms with E-state index in [4.69, 9.17) is 5.41 Å². The highest BCUT2D eigenvalue weighted by molar-refractivity contribution is 5.88. The van der Waals surface area contributed by atoms with E-state index in [0.29, 0.717) is 0 Å². The maximum absolute atomic E-state index is 11.4. The molecule has 0 aromatic carbocycles. The molecule has 0 bridgehead atoms. The molecule has 7 heavy (non-hydrogen) atoms. The predicted octanol–water partition coefficient (Wildman–Crippen LogP) is -0.308. The summed E-state index contributed by atoms with van der Waals surface area (Å²) in [4.78, 5) is 0. The molecule has 0 aromatic rings. The highest BCUT2D eigenvalue weighted by Gasteiger charge is 1.81. The van der Waals surface area contributed by atoms with Crippen LogP contribution in [0.15, 0.2) is 12.0 Å². The van der Waals surface area contributed by atoms with Crippen molar-refractivity contribution in [3.05, 3.63) is 12.0 Å². The second-order valence-electron chi connectivity index (χ2n) is 0.985. The molecule has 0 atom stereocenters. The Balaban J connectivity index is 3.68. The molecule has 0 aliphatic heterocycles. The zero-order valence-electron chi connectivity index (χ0n) is 3.61. The van der Waals surface area contributed by atoms with Crippen LogP contribution in [0.2, 0.25) is 0 Å².